The maximum absolute atomic E-state index is 12.3. The molecule has 2 aliphatic heterocycles. The number of sulfonamides is 3. The quantitative estimate of drug-likeness (QED) is 0.400. The van der Waals surface area contributed by atoms with Gasteiger partial charge in [-0.15, -0.1) is 4.13 Å². The molecule has 29 heavy (non-hydrogen) atoms. The third-order valence-corrected chi connectivity index (χ3v) is 9.66. The lowest BCUT2D eigenvalue weighted by molar-refractivity contribution is -0.142. The smallest absolute Gasteiger partial charge is 0.464 e. The van der Waals surface area contributed by atoms with Gasteiger partial charge in [-0.25, -0.2) is 25.3 Å². The minimum Gasteiger partial charge on any atom is -0.464 e. The third-order valence-electron chi connectivity index (χ3n) is 4.37. The van der Waals surface area contributed by atoms with Gasteiger partial charge in [0.1, 0.15) is 6.04 Å². The van der Waals surface area contributed by atoms with Gasteiger partial charge in [0.25, 0.3) is 0 Å². The molecule has 0 amide bonds. The van der Waals surface area contributed by atoms with E-state index in [1.165, 1.54) is 0 Å². The van der Waals surface area contributed by atoms with Crippen molar-refractivity contribution in [1.82, 2.24) is 13.3 Å². The molecule has 0 aliphatic carbocycles. The fourth-order valence-corrected chi connectivity index (χ4v) is 7.17. The molecule has 2 saturated heterocycles. The van der Waals surface area contributed by atoms with Crippen LogP contribution in [0.25, 0.3) is 0 Å². The van der Waals surface area contributed by atoms with E-state index in [-0.39, 0.29) is 32.1 Å². The number of cyclic esters (lactones) is 1. The van der Waals surface area contributed by atoms with Crippen LogP contribution >= 0.6 is 0 Å². The lowest BCUT2D eigenvalue weighted by Crippen LogP contribution is -2.53. The molecule has 2 fully saturated rings. The van der Waals surface area contributed by atoms with E-state index in [1.54, 1.807) is 4.90 Å². The molecule has 0 aromatic rings. The van der Waals surface area contributed by atoms with Crippen LogP contribution < -0.4 is 4.13 Å². The van der Waals surface area contributed by atoms with Crippen LogP contribution in [0.15, 0.2) is 0 Å². The molecule has 0 bridgehead atoms. The number of nitrogens with zero attached hydrogens (tertiary/aromatic N) is 2. The highest BCUT2D eigenvalue weighted by Crippen LogP contribution is 2.22. The molecule has 11 nitrogen and oxygen atoms in total. The Morgan fingerprint density at radius 3 is 2.07 bits per heavy atom. The van der Waals surface area contributed by atoms with Crippen molar-refractivity contribution in [3.05, 3.63) is 0 Å². The van der Waals surface area contributed by atoms with Crippen LogP contribution in [0.2, 0.25) is 0 Å². The first-order valence-corrected chi connectivity index (χ1v) is 13.1. The van der Waals surface area contributed by atoms with E-state index < -0.39 is 59.5 Å². The largest absolute Gasteiger partial charge is 0.512 e. The molecule has 17 heteroatoms. The molecule has 1 atom stereocenters. The number of rotatable bonds is 8. The van der Waals surface area contributed by atoms with Crippen LogP contribution in [0.1, 0.15) is 12.8 Å². The van der Waals surface area contributed by atoms with E-state index >= 15 is 0 Å². The van der Waals surface area contributed by atoms with Crippen LogP contribution in [0.5, 0.6) is 0 Å². The number of nitrogens with one attached hydrogen (secondary N) is 1. The Balaban J connectivity index is 1.85. The Morgan fingerprint density at radius 1 is 1.00 bits per heavy atom. The van der Waals surface area contributed by atoms with Crippen LogP contribution in [-0.4, -0.2) is 96.3 Å². The van der Waals surface area contributed by atoms with Gasteiger partial charge in [0, 0.05) is 32.6 Å². The molecule has 1 N–H and O–H groups in total. The zero-order chi connectivity index (χ0) is 22.1. The standard InChI is InChI=1S/C12H20F3N3O8S3/c13-12(14,15)29(24,25)16-27(20,21)8-1-9-28(22,23)18-5-3-17(4-6-18)10-2-7-26-11(10)19/h10,16H,1-9H2. The van der Waals surface area contributed by atoms with E-state index in [4.69, 9.17) is 4.74 Å². The number of carbonyl (C=O) groups is 1. The van der Waals surface area contributed by atoms with Gasteiger partial charge < -0.3 is 4.74 Å². The predicted octanol–water partition coefficient (Wildman–Crippen LogP) is -1.59. The summed E-state index contributed by atoms with van der Waals surface area (Å²) in [6, 6.07) is -0.424. The highest BCUT2D eigenvalue weighted by atomic mass is 32.3. The Morgan fingerprint density at radius 2 is 1.59 bits per heavy atom. The topological polar surface area (TPSA) is 147 Å². The molecule has 0 aromatic heterocycles. The fraction of sp³-hybridized carbons (Fsp3) is 0.917. The Kier molecular flexibility index (Phi) is 7.21. The van der Waals surface area contributed by atoms with Gasteiger partial charge in [0.15, 0.2) is 0 Å². The number of ether oxygens (including phenoxy) is 1. The Labute approximate surface area is 166 Å². The van der Waals surface area contributed by atoms with Gasteiger partial charge in [0.05, 0.1) is 18.1 Å². The zero-order valence-corrected chi connectivity index (χ0v) is 17.4. The number of hydrogen-bond donors (Lipinski definition) is 1. The van der Waals surface area contributed by atoms with E-state index in [2.05, 4.69) is 0 Å². The minimum atomic E-state index is -6.10. The number of piperazine rings is 1. The van der Waals surface area contributed by atoms with Gasteiger partial charge in [-0.05, 0) is 6.42 Å². The molecule has 2 rings (SSSR count). The van der Waals surface area contributed by atoms with Crippen molar-refractivity contribution < 1.29 is 48.0 Å². The van der Waals surface area contributed by atoms with Gasteiger partial charge in [-0.2, -0.15) is 17.5 Å². The first-order chi connectivity index (χ1) is 13.1. The number of hydrogen-bond acceptors (Lipinski definition) is 9. The predicted molar refractivity (Wildman–Crippen MR) is 92.8 cm³/mol. The summed E-state index contributed by atoms with van der Waals surface area (Å²) in [4.78, 5) is 13.4. The van der Waals surface area contributed by atoms with Crippen molar-refractivity contribution in [2.45, 2.75) is 24.4 Å². The average Bonchev–Trinajstić information content (AvgIpc) is 2.98. The van der Waals surface area contributed by atoms with Gasteiger partial charge in [-0.3, -0.25) is 9.69 Å². The van der Waals surface area contributed by atoms with Crippen molar-refractivity contribution in [2.75, 3.05) is 44.3 Å². The lowest BCUT2D eigenvalue weighted by Gasteiger charge is -2.35. The zero-order valence-electron chi connectivity index (χ0n) is 15.0. The summed E-state index contributed by atoms with van der Waals surface area (Å²) < 4.78 is 113. The molecule has 1 unspecified atom stereocenters. The Hall–Kier alpha value is -1.01. The summed E-state index contributed by atoms with van der Waals surface area (Å²) in [6.07, 6.45) is -0.0858. The summed E-state index contributed by atoms with van der Waals surface area (Å²) in [5.41, 5.74) is -5.81. The second kappa shape index (κ2) is 8.62. The first kappa shape index (κ1) is 24.3. The first-order valence-electron chi connectivity index (χ1n) is 8.36. The SMILES string of the molecule is O=C1OCCC1N1CCN(S(=O)(=O)CCCS(=O)(=O)NS(=O)(=O)C(F)(F)F)CC1. The van der Waals surface area contributed by atoms with Gasteiger partial charge >= 0.3 is 21.5 Å². The molecular formula is C12H20F3N3O8S3. The Bertz CT molecular complexity index is 925. The molecular weight excluding hydrogens is 467 g/mol. The van der Waals surface area contributed by atoms with Crippen molar-refractivity contribution in [3.8, 4) is 0 Å². The summed E-state index contributed by atoms with van der Waals surface area (Å²) in [5, 5.41) is 0. The molecule has 2 aliphatic rings. The van der Waals surface area contributed by atoms with E-state index in [9.17, 15) is 43.2 Å². The number of carbonyl (C=O) groups excluding carboxylic acids is 1. The fourth-order valence-electron chi connectivity index (χ4n) is 2.93. The second-order valence-electron chi connectivity index (χ2n) is 6.43. The molecule has 0 spiro atoms. The highest BCUT2D eigenvalue weighted by molar-refractivity contribution is 8.05. The number of halogens is 3. The van der Waals surface area contributed by atoms with E-state index in [0.29, 0.717) is 17.2 Å². The van der Waals surface area contributed by atoms with Gasteiger partial charge in [0.2, 0.25) is 20.0 Å². The van der Waals surface area contributed by atoms with Crippen molar-refractivity contribution >= 4 is 36.0 Å². The van der Waals surface area contributed by atoms with Crippen molar-refractivity contribution in [3.63, 3.8) is 0 Å². The van der Waals surface area contributed by atoms with E-state index in [1.807, 2.05) is 0 Å². The summed E-state index contributed by atoms with van der Waals surface area (Å²) in [6.45, 7) is 0.944. The maximum Gasteiger partial charge on any atom is 0.512 e. The molecule has 0 aromatic carbocycles. The van der Waals surface area contributed by atoms with Gasteiger partial charge in [-0.1, -0.05) is 0 Å². The van der Waals surface area contributed by atoms with Crippen LogP contribution in [-0.2, 0) is 39.6 Å². The molecule has 0 radical (unpaired) electrons. The van der Waals surface area contributed by atoms with Crippen LogP contribution in [0, 0.1) is 0 Å². The van der Waals surface area contributed by atoms with Crippen molar-refractivity contribution in [1.29, 1.82) is 0 Å². The second-order valence-corrected chi connectivity index (χ2v) is 12.3. The maximum atomic E-state index is 12.3. The third kappa shape index (κ3) is 6.24. The number of esters is 1. The number of alkyl halides is 3. The van der Waals surface area contributed by atoms with Crippen LogP contribution in [0.3, 0.4) is 0 Å². The summed E-state index contributed by atoms with van der Waals surface area (Å²) >= 11 is 0. The molecule has 2 heterocycles. The van der Waals surface area contributed by atoms with E-state index in [0.717, 1.165) is 4.31 Å². The summed E-state index contributed by atoms with van der Waals surface area (Å²) in [7, 11) is -14.9. The summed E-state index contributed by atoms with van der Waals surface area (Å²) in [5.74, 6) is -2.17. The molecule has 0 saturated carbocycles. The average molecular weight is 488 g/mol. The molecule has 170 valence electrons. The van der Waals surface area contributed by atoms with Crippen molar-refractivity contribution in [2.24, 2.45) is 0 Å². The normalized spacial score (nSPS) is 23.3. The monoisotopic (exact) mass is 487 g/mol. The van der Waals surface area contributed by atoms with Crippen LogP contribution in [0.4, 0.5) is 13.2 Å². The lowest BCUT2D eigenvalue weighted by atomic mass is 10.2. The minimum absolute atomic E-state index is 0.0551. The highest BCUT2D eigenvalue weighted by Gasteiger charge is 2.48.